The zero-order valence-electron chi connectivity index (χ0n) is 11.4. The van der Waals surface area contributed by atoms with Crippen molar-refractivity contribution < 1.29 is 14.6 Å². The average Bonchev–Trinajstić information content (AvgIpc) is 2.51. The molecule has 5 heteroatoms. The summed E-state index contributed by atoms with van der Waals surface area (Å²) in [5.41, 5.74) is -0.233. The Morgan fingerprint density at radius 2 is 1.36 bits per heavy atom. The Hall–Kier alpha value is -1.65. The fourth-order valence-corrected chi connectivity index (χ4v) is 2.77. The van der Waals surface area contributed by atoms with Crippen molar-refractivity contribution >= 4 is 29.0 Å². The van der Waals surface area contributed by atoms with E-state index in [4.69, 9.17) is 27.9 Å². The van der Waals surface area contributed by atoms with Crippen LogP contribution in [0.2, 0.25) is 10.0 Å². The van der Waals surface area contributed by atoms with Gasteiger partial charge < -0.3 is 9.84 Å². The van der Waals surface area contributed by atoms with Crippen LogP contribution in [0, 0.1) is 0 Å². The van der Waals surface area contributed by atoms with Gasteiger partial charge in [0, 0.05) is 10.0 Å². The van der Waals surface area contributed by atoms with Crippen LogP contribution in [0.15, 0.2) is 60.7 Å². The molecule has 0 radical (unpaired) electrons. The molecule has 0 bridgehead atoms. The third-order valence-electron chi connectivity index (χ3n) is 3.56. The number of halogens is 2. The molecule has 1 aliphatic rings. The van der Waals surface area contributed by atoms with Crippen LogP contribution in [0.25, 0.3) is 0 Å². The molecular weight excluding hydrogens is 323 g/mol. The summed E-state index contributed by atoms with van der Waals surface area (Å²) >= 11 is 11.8. The van der Waals surface area contributed by atoms with E-state index >= 15 is 0 Å². The third kappa shape index (κ3) is 2.57. The number of hydrogen-bond donors (Lipinski definition) is 1. The van der Waals surface area contributed by atoms with E-state index in [9.17, 15) is 9.90 Å². The van der Waals surface area contributed by atoms with Crippen LogP contribution >= 0.6 is 23.2 Å². The van der Waals surface area contributed by atoms with Gasteiger partial charge in [-0.15, -0.1) is 0 Å². The standard InChI is InChI=1S/C17H12Cl2O3/c18-13-5-1-11(2-6-13)17(12-3-7-14(19)8-4-12)15(20)9-10-16(21)22-17/h1-10,16,21H. The van der Waals surface area contributed by atoms with Crippen LogP contribution < -0.4 is 0 Å². The Bertz CT molecular complexity index is 675. The minimum absolute atomic E-state index is 0.276. The van der Waals surface area contributed by atoms with Crippen molar-refractivity contribution in [3.8, 4) is 0 Å². The molecule has 0 saturated carbocycles. The van der Waals surface area contributed by atoms with Gasteiger partial charge in [-0.1, -0.05) is 47.5 Å². The largest absolute Gasteiger partial charge is 0.365 e. The molecule has 1 atom stereocenters. The first-order valence-corrected chi connectivity index (χ1v) is 7.38. The van der Waals surface area contributed by atoms with Crippen LogP contribution in [0.1, 0.15) is 11.1 Å². The van der Waals surface area contributed by atoms with Gasteiger partial charge in [0.05, 0.1) is 0 Å². The zero-order valence-corrected chi connectivity index (χ0v) is 12.9. The molecule has 2 aromatic rings. The Morgan fingerprint density at radius 1 is 0.909 bits per heavy atom. The Morgan fingerprint density at radius 3 is 1.82 bits per heavy atom. The Balaban J connectivity index is 2.22. The monoisotopic (exact) mass is 334 g/mol. The topological polar surface area (TPSA) is 46.5 Å². The highest BCUT2D eigenvalue weighted by Crippen LogP contribution is 2.39. The summed E-state index contributed by atoms with van der Waals surface area (Å²) in [5, 5.41) is 11.0. The Kier molecular flexibility index (Phi) is 4.06. The van der Waals surface area contributed by atoms with Gasteiger partial charge in [-0.2, -0.15) is 0 Å². The van der Waals surface area contributed by atoms with Crippen molar-refractivity contribution in [2.45, 2.75) is 11.9 Å². The molecule has 112 valence electrons. The molecule has 0 amide bonds. The number of benzene rings is 2. The molecular formula is C17H12Cl2O3. The highest BCUT2D eigenvalue weighted by atomic mass is 35.5. The summed E-state index contributed by atoms with van der Waals surface area (Å²) in [7, 11) is 0. The number of aliphatic hydroxyl groups excluding tert-OH is 1. The van der Waals surface area contributed by atoms with Gasteiger partial charge in [0.15, 0.2) is 17.7 Å². The van der Waals surface area contributed by atoms with Gasteiger partial charge in [0.25, 0.3) is 0 Å². The van der Waals surface area contributed by atoms with Crippen molar-refractivity contribution in [3.63, 3.8) is 0 Å². The summed E-state index contributed by atoms with van der Waals surface area (Å²) in [4.78, 5) is 12.6. The lowest BCUT2D eigenvalue weighted by atomic mass is 9.81. The van der Waals surface area contributed by atoms with E-state index in [0.717, 1.165) is 0 Å². The SMILES string of the molecule is O=C1C=CC(O)OC1(c1ccc(Cl)cc1)c1ccc(Cl)cc1. The van der Waals surface area contributed by atoms with Gasteiger partial charge >= 0.3 is 0 Å². The predicted octanol–water partition coefficient (Wildman–Crippen LogP) is 3.71. The van der Waals surface area contributed by atoms with E-state index in [2.05, 4.69) is 0 Å². The summed E-state index contributed by atoms with van der Waals surface area (Å²) in [5.74, 6) is -0.276. The minimum Gasteiger partial charge on any atom is -0.365 e. The molecule has 1 heterocycles. The highest BCUT2D eigenvalue weighted by Gasteiger charge is 2.45. The number of hydrogen-bond acceptors (Lipinski definition) is 3. The molecule has 0 aromatic heterocycles. The van der Waals surface area contributed by atoms with Crippen LogP contribution in [0.4, 0.5) is 0 Å². The smallest absolute Gasteiger partial charge is 0.196 e. The van der Waals surface area contributed by atoms with Crippen LogP contribution in [-0.4, -0.2) is 17.2 Å². The first-order chi connectivity index (χ1) is 10.5. The summed E-state index contributed by atoms with van der Waals surface area (Å²) in [6.07, 6.45) is 1.47. The van der Waals surface area contributed by atoms with Crippen molar-refractivity contribution in [2.75, 3.05) is 0 Å². The maximum atomic E-state index is 12.6. The first-order valence-electron chi connectivity index (χ1n) is 6.63. The fraction of sp³-hybridized carbons (Fsp3) is 0.118. The number of ketones is 1. The molecule has 0 aliphatic carbocycles. The molecule has 22 heavy (non-hydrogen) atoms. The quantitative estimate of drug-likeness (QED) is 0.910. The second kappa shape index (κ2) is 5.86. The first kappa shape index (κ1) is 15.3. The molecule has 0 spiro atoms. The van der Waals surface area contributed by atoms with Crippen LogP contribution in [0.5, 0.6) is 0 Å². The summed E-state index contributed by atoms with van der Waals surface area (Å²) < 4.78 is 5.67. The number of ether oxygens (including phenoxy) is 1. The maximum absolute atomic E-state index is 12.6. The van der Waals surface area contributed by atoms with Crippen molar-refractivity contribution in [1.82, 2.24) is 0 Å². The summed E-state index contributed by atoms with van der Waals surface area (Å²) in [6.45, 7) is 0. The van der Waals surface area contributed by atoms with Gasteiger partial charge in [-0.3, -0.25) is 4.79 Å². The van der Waals surface area contributed by atoms with E-state index in [1.807, 2.05) is 0 Å². The lowest BCUT2D eigenvalue weighted by Crippen LogP contribution is -2.44. The second-order valence-corrected chi connectivity index (χ2v) is 5.80. The molecule has 3 nitrogen and oxygen atoms in total. The van der Waals surface area contributed by atoms with Crippen LogP contribution in [-0.2, 0) is 15.1 Å². The van der Waals surface area contributed by atoms with E-state index in [1.165, 1.54) is 12.2 Å². The zero-order chi connectivity index (χ0) is 15.7. The Labute approximate surface area is 137 Å². The number of carbonyl (C=O) groups is 1. The average molecular weight is 335 g/mol. The molecule has 1 N–H and O–H groups in total. The summed E-state index contributed by atoms with van der Waals surface area (Å²) in [6, 6.07) is 13.5. The lowest BCUT2D eigenvalue weighted by molar-refractivity contribution is -0.170. The van der Waals surface area contributed by atoms with Crippen molar-refractivity contribution in [1.29, 1.82) is 0 Å². The predicted molar refractivity (Wildman–Crippen MR) is 84.9 cm³/mol. The molecule has 3 rings (SSSR count). The van der Waals surface area contributed by atoms with E-state index in [1.54, 1.807) is 48.5 Å². The second-order valence-electron chi connectivity index (χ2n) is 4.93. The molecule has 1 unspecified atom stereocenters. The number of aliphatic hydroxyl groups is 1. The van der Waals surface area contributed by atoms with Crippen molar-refractivity contribution in [2.24, 2.45) is 0 Å². The lowest BCUT2D eigenvalue weighted by Gasteiger charge is -2.36. The molecule has 1 aliphatic heterocycles. The normalized spacial score (nSPS) is 20.1. The maximum Gasteiger partial charge on any atom is 0.196 e. The van der Waals surface area contributed by atoms with Gasteiger partial charge in [-0.25, -0.2) is 0 Å². The van der Waals surface area contributed by atoms with E-state index < -0.39 is 11.9 Å². The van der Waals surface area contributed by atoms with Gasteiger partial charge in [0.2, 0.25) is 0 Å². The molecule has 2 aromatic carbocycles. The van der Waals surface area contributed by atoms with E-state index in [0.29, 0.717) is 21.2 Å². The van der Waals surface area contributed by atoms with Gasteiger partial charge in [0.1, 0.15) is 0 Å². The fourth-order valence-electron chi connectivity index (χ4n) is 2.52. The molecule has 0 fully saturated rings. The third-order valence-corrected chi connectivity index (χ3v) is 4.06. The number of rotatable bonds is 2. The molecule has 0 saturated heterocycles. The number of carbonyl (C=O) groups excluding carboxylic acids is 1. The minimum atomic E-state index is -1.41. The van der Waals surface area contributed by atoms with Crippen molar-refractivity contribution in [3.05, 3.63) is 81.9 Å². The van der Waals surface area contributed by atoms with Crippen LogP contribution in [0.3, 0.4) is 0 Å². The van der Waals surface area contributed by atoms with E-state index in [-0.39, 0.29) is 5.78 Å². The highest BCUT2D eigenvalue weighted by molar-refractivity contribution is 6.30. The van der Waals surface area contributed by atoms with Gasteiger partial charge in [-0.05, 0) is 47.5 Å².